The number of hydrogen-bond acceptors (Lipinski definition) is 1. The molecule has 0 aliphatic heterocycles. The molecule has 134 valence electrons. The van der Waals surface area contributed by atoms with Gasteiger partial charge in [-0.05, 0) is 28.5 Å². The number of aromatic nitrogens is 2. The van der Waals surface area contributed by atoms with Gasteiger partial charge in [0.2, 0.25) is 5.69 Å². The van der Waals surface area contributed by atoms with Crippen molar-refractivity contribution in [1.82, 2.24) is 4.98 Å². The first-order valence-corrected chi connectivity index (χ1v) is 9.69. The number of fused-ring (bicyclic) bond motifs is 2. The standard InChI is InChI=1S/C26H21N2/c1-2-8-20(9-3-1)15-18-28-19-16-22-11-5-7-13-24(22)26(28)25-23-12-6-4-10-21(23)14-17-27-25/h1-14,16-17,19H,15,18H2/q+1. The number of benzene rings is 3. The van der Waals surface area contributed by atoms with Gasteiger partial charge in [0, 0.05) is 24.1 Å². The molecule has 0 unspecified atom stereocenters. The van der Waals surface area contributed by atoms with Crippen molar-refractivity contribution in [3.63, 3.8) is 0 Å². The van der Waals surface area contributed by atoms with Crippen molar-refractivity contribution in [1.29, 1.82) is 0 Å². The van der Waals surface area contributed by atoms with Gasteiger partial charge < -0.3 is 0 Å². The van der Waals surface area contributed by atoms with Crippen LogP contribution in [0.2, 0.25) is 0 Å². The van der Waals surface area contributed by atoms with E-state index in [1.807, 2.05) is 6.20 Å². The average Bonchev–Trinajstić information content (AvgIpc) is 2.77. The summed E-state index contributed by atoms with van der Waals surface area (Å²) in [5, 5.41) is 4.88. The van der Waals surface area contributed by atoms with Gasteiger partial charge in [0.05, 0.1) is 5.39 Å². The topological polar surface area (TPSA) is 16.8 Å². The molecule has 0 saturated carbocycles. The number of aryl methyl sites for hydroxylation is 2. The minimum atomic E-state index is 0.912. The predicted molar refractivity (Wildman–Crippen MR) is 115 cm³/mol. The minimum Gasteiger partial charge on any atom is -0.249 e. The van der Waals surface area contributed by atoms with Crippen molar-refractivity contribution in [3.05, 3.63) is 109 Å². The second-order valence-electron chi connectivity index (χ2n) is 7.06. The Balaban J connectivity index is 1.71. The van der Waals surface area contributed by atoms with Gasteiger partial charge in [0.15, 0.2) is 12.7 Å². The van der Waals surface area contributed by atoms with Crippen LogP contribution in [-0.4, -0.2) is 4.98 Å². The van der Waals surface area contributed by atoms with Crippen molar-refractivity contribution in [2.24, 2.45) is 0 Å². The smallest absolute Gasteiger partial charge is 0.239 e. The summed E-state index contributed by atoms with van der Waals surface area (Å²) in [6, 6.07) is 32.0. The molecule has 2 aromatic heterocycles. The lowest BCUT2D eigenvalue weighted by molar-refractivity contribution is -0.684. The van der Waals surface area contributed by atoms with Crippen molar-refractivity contribution >= 4 is 21.5 Å². The third-order valence-corrected chi connectivity index (χ3v) is 5.32. The summed E-state index contributed by atoms with van der Waals surface area (Å²) in [6.45, 7) is 0.912. The van der Waals surface area contributed by atoms with E-state index in [9.17, 15) is 0 Å². The Morgan fingerprint density at radius 2 is 1.32 bits per heavy atom. The molecular formula is C26H21N2+. The lowest BCUT2D eigenvalue weighted by Crippen LogP contribution is -2.37. The first-order chi connectivity index (χ1) is 13.9. The maximum Gasteiger partial charge on any atom is 0.239 e. The third kappa shape index (κ3) is 3.03. The van der Waals surface area contributed by atoms with Gasteiger partial charge in [0.1, 0.15) is 5.69 Å². The van der Waals surface area contributed by atoms with E-state index in [-0.39, 0.29) is 0 Å². The normalized spacial score (nSPS) is 11.1. The highest BCUT2D eigenvalue weighted by molar-refractivity contribution is 6.00. The summed E-state index contributed by atoms with van der Waals surface area (Å²) in [5.41, 5.74) is 3.58. The summed E-state index contributed by atoms with van der Waals surface area (Å²) in [6.07, 6.45) is 5.10. The molecule has 5 rings (SSSR count). The Morgan fingerprint density at radius 3 is 2.14 bits per heavy atom. The van der Waals surface area contributed by atoms with Crippen LogP contribution >= 0.6 is 0 Å². The lowest BCUT2D eigenvalue weighted by atomic mass is 10.0. The van der Waals surface area contributed by atoms with Gasteiger partial charge in [0.25, 0.3) is 0 Å². The molecule has 3 aromatic carbocycles. The van der Waals surface area contributed by atoms with E-state index in [0.29, 0.717) is 0 Å². The molecule has 0 radical (unpaired) electrons. The molecule has 0 fully saturated rings. The van der Waals surface area contributed by atoms with E-state index in [1.54, 1.807) is 0 Å². The molecule has 0 aliphatic carbocycles. The van der Waals surface area contributed by atoms with Crippen molar-refractivity contribution < 1.29 is 4.57 Å². The Bertz CT molecular complexity index is 1250. The highest BCUT2D eigenvalue weighted by atomic mass is 15.0. The molecule has 2 nitrogen and oxygen atoms in total. The quantitative estimate of drug-likeness (QED) is 0.382. The lowest BCUT2D eigenvalue weighted by Gasteiger charge is -2.10. The van der Waals surface area contributed by atoms with E-state index in [4.69, 9.17) is 4.98 Å². The summed E-state index contributed by atoms with van der Waals surface area (Å²) in [5.74, 6) is 0. The van der Waals surface area contributed by atoms with Crippen molar-refractivity contribution in [2.75, 3.05) is 0 Å². The molecule has 0 saturated heterocycles. The fourth-order valence-electron chi connectivity index (χ4n) is 3.91. The zero-order valence-corrected chi connectivity index (χ0v) is 15.6. The molecular weight excluding hydrogens is 340 g/mol. The van der Waals surface area contributed by atoms with E-state index in [0.717, 1.165) is 18.7 Å². The van der Waals surface area contributed by atoms with Gasteiger partial charge in [-0.25, -0.2) is 4.98 Å². The zero-order valence-electron chi connectivity index (χ0n) is 15.6. The van der Waals surface area contributed by atoms with Crippen LogP contribution in [0.4, 0.5) is 0 Å². The molecule has 5 aromatic rings. The SMILES string of the molecule is c1ccc(CC[n+]2ccc3ccccc3c2-c2nccc3ccccc23)cc1. The largest absolute Gasteiger partial charge is 0.249 e. The van der Waals surface area contributed by atoms with Crippen LogP contribution in [0.25, 0.3) is 32.9 Å². The minimum absolute atomic E-state index is 0.912. The first-order valence-electron chi connectivity index (χ1n) is 9.69. The highest BCUT2D eigenvalue weighted by Crippen LogP contribution is 2.29. The maximum atomic E-state index is 4.82. The first kappa shape index (κ1) is 16.6. The Hall–Kier alpha value is -3.52. The van der Waals surface area contributed by atoms with Crippen LogP contribution in [0.1, 0.15) is 5.56 Å². The Labute approximate surface area is 164 Å². The van der Waals surface area contributed by atoms with Gasteiger partial charge in [-0.3, -0.25) is 0 Å². The molecule has 0 atom stereocenters. The van der Waals surface area contributed by atoms with E-state index in [2.05, 4.69) is 102 Å². The van der Waals surface area contributed by atoms with Crippen LogP contribution in [0.3, 0.4) is 0 Å². The molecule has 2 heterocycles. The molecule has 0 spiro atoms. The van der Waals surface area contributed by atoms with Gasteiger partial charge >= 0.3 is 0 Å². The molecule has 2 heteroatoms. The van der Waals surface area contributed by atoms with Gasteiger partial charge in [-0.2, -0.15) is 4.57 Å². The van der Waals surface area contributed by atoms with Crippen LogP contribution in [-0.2, 0) is 13.0 Å². The number of pyridine rings is 2. The number of rotatable bonds is 4. The van der Waals surface area contributed by atoms with E-state index >= 15 is 0 Å². The van der Waals surface area contributed by atoms with E-state index in [1.165, 1.54) is 32.8 Å². The average molecular weight is 361 g/mol. The molecule has 28 heavy (non-hydrogen) atoms. The van der Waals surface area contributed by atoms with Crippen LogP contribution < -0.4 is 4.57 Å². The van der Waals surface area contributed by atoms with Gasteiger partial charge in [-0.1, -0.05) is 72.8 Å². The fraction of sp³-hybridized carbons (Fsp3) is 0.0769. The van der Waals surface area contributed by atoms with Crippen LogP contribution in [0.15, 0.2) is 103 Å². The predicted octanol–water partition coefficient (Wildman–Crippen LogP) is 5.59. The summed E-state index contributed by atoms with van der Waals surface area (Å²) in [7, 11) is 0. The third-order valence-electron chi connectivity index (χ3n) is 5.32. The number of hydrogen-bond donors (Lipinski definition) is 0. The summed E-state index contributed by atoms with van der Waals surface area (Å²) >= 11 is 0. The highest BCUT2D eigenvalue weighted by Gasteiger charge is 2.20. The van der Waals surface area contributed by atoms with Crippen molar-refractivity contribution in [3.8, 4) is 11.4 Å². The Morgan fingerprint density at radius 1 is 0.643 bits per heavy atom. The number of nitrogens with zero attached hydrogens (tertiary/aromatic N) is 2. The van der Waals surface area contributed by atoms with Crippen molar-refractivity contribution in [2.45, 2.75) is 13.0 Å². The van der Waals surface area contributed by atoms with Crippen LogP contribution in [0.5, 0.6) is 0 Å². The molecule has 0 bridgehead atoms. The van der Waals surface area contributed by atoms with Gasteiger partial charge in [-0.15, -0.1) is 0 Å². The van der Waals surface area contributed by atoms with Crippen LogP contribution in [0, 0.1) is 0 Å². The summed E-state index contributed by atoms with van der Waals surface area (Å²) in [4.78, 5) is 4.82. The van der Waals surface area contributed by atoms with E-state index < -0.39 is 0 Å². The maximum absolute atomic E-state index is 4.82. The molecule has 0 amide bonds. The molecule has 0 aliphatic rings. The second kappa shape index (κ2) is 7.24. The zero-order chi connectivity index (χ0) is 18.8. The monoisotopic (exact) mass is 361 g/mol. The molecule has 0 N–H and O–H groups in total. The second-order valence-corrected chi connectivity index (χ2v) is 7.06. The fourth-order valence-corrected chi connectivity index (χ4v) is 3.91. The summed E-state index contributed by atoms with van der Waals surface area (Å²) < 4.78 is 2.35. The Kier molecular flexibility index (Phi) is 4.30.